The van der Waals surface area contributed by atoms with E-state index in [2.05, 4.69) is 10.3 Å². The van der Waals surface area contributed by atoms with Gasteiger partial charge in [-0.2, -0.15) is 0 Å². The van der Waals surface area contributed by atoms with Crippen LogP contribution in [0.2, 0.25) is 5.02 Å². The molecule has 3 rings (SSSR count). The molecule has 26 heavy (non-hydrogen) atoms. The molecule has 2 N–H and O–H groups in total. The topological polar surface area (TPSA) is 74.4 Å². The van der Waals surface area contributed by atoms with Crippen molar-refractivity contribution in [1.82, 2.24) is 15.2 Å². The lowest BCUT2D eigenvalue weighted by Gasteiger charge is -2.13. The number of carbonyl (C=O) groups is 1. The van der Waals surface area contributed by atoms with Crippen LogP contribution in [0.3, 0.4) is 0 Å². The third-order valence-corrected chi connectivity index (χ3v) is 4.52. The Kier molecular flexibility index (Phi) is 5.15. The number of H-pyrrole nitrogens is 1. The number of aromatic nitrogens is 1. The predicted octanol–water partition coefficient (Wildman–Crippen LogP) is 2.63. The summed E-state index contributed by atoms with van der Waals surface area (Å²) in [4.78, 5) is 30.7. The second-order valence-electron chi connectivity index (χ2n) is 6.27. The summed E-state index contributed by atoms with van der Waals surface area (Å²) in [5.74, 6) is 0.327. The number of likely N-dealkylation sites (N-methyl/N-ethyl adjacent to an activating group) is 1. The monoisotopic (exact) mass is 373 g/mol. The number of halogens is 1. The van der Waals surface area contributed by atoms with Gasteiger partial charge >= 0.3 is 0 Å². The fraction of sp³-hybridized carbons (Fsp3) is 0.263. The first-order valence-corrected chi connectivity index (χ1v) is 8.55. The molecule has 0 saturated carbocycles. The molecule has 1 amide bonds. The maximum absolute atomic E-state index is 13.0. The number of rotatable bonds is 5. The number of methoxy groups -OCH3 is 1. The van der Waals surface area contributed by atoms with Gasteiger partial charge in [-0.15, -0.1) is 0 Å². The number of fused-ring (bicyclic) bond motifs is 2. The molecule has 6 nitrogen and oxygen atoms in total. The molecule has 0 spiro atoms. The highest BCUT2D eigenvalue weighted by molar-refractivity contribution is 6.36. The number of hydrogen-bond donors (Lipinski definition) is 2. The van der Waals surface area contributed by atoms with Gasteiger partial charge in [0.1, 0.15) is 5.75 Å². The van der Waals surface area contributed by atoms with E-state index in [1.54, 1.807) is 37.4 Å². The van der Waals surface area contributed by atoms with E-state index in [0.717, 1.165) is 6.54 Å². The first-order valence-electron chi connectivity index (χ1n) is 8.17. The van der Waals surface area contributed by atoms with Gasteiger partial charge in [0, 0.05) is 18.5 Å². The van der Waals surface area contributed by atoms with E-state index in [-0.39, 0.29) is 11.3 Å². The van der Waals surface area contributed by atoms with Crippen molar-refractivity contribution in [2.24, 2.45) is 0 Å². The maximum atomic E-state index is 13.0. The third kappa shape index (κ3) is 3.38. The smallest absolute Gasteiger partial charge is 0.253 e. The minimum Gasteiger partial charge on any atom is -0.497 e. The maximum Gasteiger partial charge on any atom is 0.253 e. The number of carbonyl (C=O) groups excluding carboxylic acids is 1. The van der Waals surface area contributed by atoms with E-state index in [1.807, 2.05) is 19.0 Å². The number of pyridine rings is 1. The largest absolute Gasteiger partial charge is 0.497 e. The number of benzene rings is 2. The molecule has 0 aliphatic carbocycles. The molecule has 0 unspecified atom stereocenters. The Morgan fingerprint density at radius 3 is 2.73 bits per heavy atom. The van der Waals surface area contributed by atoms with Gasteiger partial charge in [0.2, 0.25) is 0 Å². The van der Waals surface area contributed by atoms with Crippen LogP contribution in [-0.2, 0) is 0 Å². The van der Waals surface area contributed by atoms with Gasteiger partial charge in [0.15, 0.2) is 5.43 Å². The van der Waals surface area contributed by atoms with Crippen molar-refractivity contribution in [3.05, 3.63) is 51.1 Å². The van der Waals surface area contributed by atoms with Gasteiger partial charge < -0.3 is 19.9 Å². The molecule has 0 fully saturated rings. The highest BCUT2D eigenvalue weighted by Crippen LogP contribution is 2.26. The molecule has 0 atom stereocenters. The second-order valence-corrected chi connectivity index (χ2v) is 6.68. The average Bonchev–Trinajstić information content (AvgIpc) is 2.61. The fourth-order valence-corrected chi connectivity index (χ4v) is 3.07. The molecule has 7 heteroatoms. The SMILES string of the molecule is COc1ccc2[nH]c3c(C(=O)NCCN(C)C)ccc(Cl)c3c(=O)c2c1. The van der Waals surface area contributed by atoms with Gasteiger partial charge in [-0.1, -0.05) is 11.6 Å². The van der Waals surface area contributed by atoms with Crippen LogP contribution < -0.4 is 15.5 Å². The van der Waals surface area contributed by atoms with E-state index in [0.29, 0.717) is 44.7 Å². The van der Waals surface area contributed by atoms with E-state index in [9.17, 15) is 9.59 Å². The van der Waals surface area contributed by atoms with E-state index in [4.69, 9.17) is 16.3 Å². The lowest BCUT2D eigenvalue weighted by molar-refractivity contribution is 0.0952. The van der Waals surface area contributed by atoms with Crippen LogP contribution in [0.5, 0.6) is 5.75 Å². The van der Waals surface area contributed by atoms with Crippen molar-refractivity contribution < 1.29 is 9.53 Å². The summed E-state index contributed by atoms with van der Waals surface area (Å²) in [6, 6.07) is 8.37. The van der Waals surface area contributed by atoms with Crippen LogP contribution in [0.15, 0.2) is 35.1 Å². The number of aromatic amines is 1. The number of hydrogen-bond acceptors (Lipinski definition) is 4. The van der Waals surface area contributed by atoms with E-state index in [1.165, 1.54) is 0 Å². The molecule has 0 saturated heterocycles. The average molecular weight is 374 g/mol. The van der Waals surface area contributed by atoms with Crippen LogP contribution in [0.25, 0.3) is 21.8 Å². The Morgan fingerprint density at radius 1 is 1.27 bits per heavy atom. The minimum atomic E-state index is -0.253. The van der Waals surface area contributed by atoms with E-state index >= 15 is 0 Å². The molecule has 1 aromatic heterocycles. The molecule has 2 aromatic carbocycles. The molecule has 1 heterocycles. The molecule has 3 aromatic rings. The number of nitrogens with zero attached hydrogens (tertiary/aromatic N) is 1. The summed E-state index contributed by atoms with van der Waals surface area (Å²) in [6.45, 7) is 1.22. The van der Waals surface area contributed by atoms with Crippen molar-refractivity contribution in [1.29, 1.82) is 0 Å². The summed E-state index contributed by atoms with van der Waals surface area (Å²) >= 11 is 6.27. The number of ether oxygens (including phenoxy) is 1. The van der Waals surface area contributed by atoms with Gasteiger partial charge in [0.05, 0.1) is 34.1 Å². The molecule has 0 aliphatic heterocycles. The van der Waals surface area contributed by atoms with Crippen LogP contribution >= 0.6 is 11.6 Å². The zero-order valence-electron chi connectivity index (χ0n) is 14.9. The van der Waals surface area contributed by atoms with Crippen molar-refractivity contribution in [2.45, 2.75) is 0 Å². The summed E-state index contributed by atoms with van der Waals surface area (Å²) in [5, 5.41) is 3.92. The number of nitrogens with one attached hydrogen (secondary N) is 2. The van der Waals surface area contributed by atoms with Crippen LogP contribution in [0, 0.1) is 0 Å². The standard InChI is InChI=1S/C19H20ClN3O3/c1-23(2)9-8-21-19(25)12-5-6-14(20)16-17(12)22-15-7-4-11(26-3)10-13(15)18(16)24/h4-7,10H,8-9H2,1-3H3,(H,21,25)(H,22,24). The van der Waals surface area contributed by atoms with Crippen LogP contribution in [0.4, 0.5) is 0 Å². The van der Waals surface area contributed by atoms with Crippen molar-refractivity contribution >= 4 is 39.3 Å². The molecular weight excluding hydrogens is 354 g/mol. The van der Waals surface area contributed by atoms with Crippen LogP contribution in [0.1, 0.15) is 10.4 Å². The first-order chi connectivity index (χ1) is 12.4. The quantitative estimate of drug-likeness (QED) is 0.674. The lowest BCUT2D eigenvalue weighted by atomic mass is 10.1. The van der Waals surface area contributed by atoms with Crippen LogP contribution in [-0.4, -0.2) is 50.1 Å². The Labute approximate surface area is 155 Å². The van der Waals surface area contributed by atoms with Gasteiger partial charge in [-0.25, -0.2) is 0 Å². The molecule has 136 valence electrons. The van der Waals surface area contributed by atoms with Gasteiger partial charge in [-0.3, -0.25) is 9.59 Å². The molecule has 0 bridgehead atoms. The van der Waals surface area contributed by atoms with Gasteiger partial charge in [-0.05, 0) is 44.4 Å². The predicted molar refractivity (Wildman–Crippen MR) is 105 cm³/mol. The first kappa shape index (κ1) is 18.2. The summed E-state index contributed by atoms with van der Waals surface area (Å²) in [6.07, 6.45) is 0. The Morgan fingerprint density at radius 2 is 2.04 bits per heavy atom. The van der Waals surface area contributed by atoms with Crippen molar-refractivity contribution in [3.8, 4) is 5.75 Å². The Bertz CT molecular complexity index is 1040. The summed E-state index contributed by atoms with van der Waals surface area (Å²) in [7, 11) is 5.41. The molecule has 0 aliphatic rings. The second kappa shape index (κ2) is 7.35. The van der Waals surface area contributed by atoms with Crippen molar-refractivity contribution in [2.75, 3.05) is 34.3 Å². The highest BCUT2D eigenvalue weighted by Gasteiger charge is 2.17. The zero-order valence-corrected chi connectivity index (χ0v) is 15.6. The third-order valence-electron chi connectivity index (χ3n) is 4.20. The minimum absolute atomic E-state index is 0.236. The number of amides is 1. The summed E-state index contributed by atoms with van der Waals surface area (Å²) < 4.78 is 5.19. The Hall–Kier alpha value is -2.57. The van der Waals surface area contributed by atoms with Gasteiger partial charge in [0.25, 0.3) is 5.91 Å². The Balaban J connectivity index is 2.16. The summed E-state index contributed by atoms with van der Waals surface area (Å²) in [5.41, 5.74) is 1.20. The zero-order chi connectivity index (χ0) is 18.8. The van der Waals surface area contributed by atoms with Crippen molar-refractivity contribution in [3.63, 3.8) is 0 Å². The molecular formula is C19H20ClN3O3. The lowest BCUT2D eigenvalue weighted by Crippen LogP contribution is -2.31. The van der Waals surface area contributed by atoms with E-state index < -0.39 is 0 Å². The molecule has 0 radical (unpaired) electrons. The highest BCUT2D eigenvalue weighted by atomic mass is 35.5. The fourth-order valence-electron chi connectivity index (χ4n) is 2.82. The normalized spacial score (nSPS) is 11.3.